The van der Waals surface area contributed by atoms with Gasteiger partial charge < -0.3 is 18.9 Å². The van der Waals surface area contributed by atoms with Crippen LogP contribution in [0.15, 0.2) is 51.9 Å². The first-order valence-corrected chi connectivity index (χ1v) is 13.6. The highest BCUT2D eigenvalue weighted by Gasteiger charge is 2.50. The van der Waals surface area contributed by atoms with Crippen molar-refractivity contribution in [3.63, 3.8) is 0 Å². The first-order valence-electron chi connectivity index (χ1n) is 12.1. The van der Waals surface area contributed by atoms with Crippen molar-refractivity contribution in [1.29, 1.82) is 0 Å². The Labute approximate surface area is 203 Å². The lowest BCUT2D eigenvalue weighted by Gasteiger charge is -2.39. The maximum Gasteiger partial charge on any atom is 0.243 e. The first-order chi connectivity index (χ1) is 17.0. The fourth-order valence-corrected chi connectivity index (χ4v) is 7.31. The van der Waals surface area contributed by atoms with E-state index >= 15 is 0 Å². The molecule has 0 atom stereocenters. The van der Waals surface area contributed by atoms with Gasteiger partial charge in [0.15, 0.2) is 5.58 Å². The van der Waals surface area contributed by atoms with E-state index in [4.69, 9.17) is 14.0 Å². The second-order valence-electron chi connectivity index (χ2n) is 9.46. The summed E-state index contributed by atoms with van der Waals surface area (Å²) in [6.07, 6.45) is 2.58. The van der Waals surface area contributed by atoms with Crippen molar-refractivity contribution in [2.75, 3.05) is 45.9 Å². The van der Waals surface area contributed by atoms with Gasteiger partial charge in [-0.2, -0.15) is 4.31 Å². The molecular weight excluding hydrogens is 473 g/mol. The molecule has 2 saturated heterocycles. The highest BCUT2D eigenvalue weighted by atomic mass is 32.2. The molecule has 0 amide bonds. The van der Waals surface area contributed by atoms with Crippen LogP contribution in [0.3, 0.4) is 0 Å². The van der Waals surface area contributed by atoms with E-state index in [9.17, 15) is 12.8 Å². The van der Waals surface area contributed by atoms with Gasteiger partial charge in [0.2, 0.25) is 15.8 Å². The van der Waals surface area contributed by atoms with E-state index in [1.54, 1.807) is 24.3 Å². The number of benzene rings is 2. The molecule has 3 aromatic rings. The maximum atomic E-state index is 13.5. The fraction of sp³-hybridized carbons (Fsp3) is 0.480. The molecule has 6 rings (SSSR count). The third kappa shape index (κ3) is 4.07. The zero-order valence-electron chi connectivity index (χ0n) is 19.4. The molecule has 186 valence electrons. The van der Waals surface area contributed by atoms with E-state index in [-0.39, 0.29) is 23.2 Å². The van der Waals surface area contributed by atoms with Gasteiger partial charge in [0.25, 0.3) is 0 Å². The second-order valence-corrected chi connectivity index (χ2v) is 11.4. The minimum absolute atomic E-state index is 0.175. The van der Waals surface area contributed by atoms with Gasteiger partial charge >= 0.3 is 0 Å². The Morgan fingerprint density at radius 2 is 1.83 bits per heavy atom. The molecule has 4 heterocycles. The molecule has 0 N–H and O–H groups in total. The number of likely N-dealkylation sites (tertiary alicyclic amines) is 1. The van der Waals surface area contributed by atoms with Crippen molar-refractivity contribution in [1.82, 2.24) is 14.4 Å². The minimum Gasteiger partial charge on any atom is -0.356 e. The molecule has 0 radical (unpaired) electrons. The summed E-state index contributed by atoms with van der Waals surface area (Å²) >= 11 is 0. The molecule has 10 heteroatoms. The van der Waals surface area contributed by atoms with Crippen LogP contribution < -0.4 is 0 Å². The number of hydrogen-bond donors (Lipinski definition) is 0. The van der Waals surface area contributed by atoms with E-state index in [1.807, 2.05) is 6.07 Å². The van der Waals surface area contributed by atoms with Crippen LogP contribution in [0, 0.1) is 5.82 Å². The van der Waals surface area contributed by atoms with Gasteiger partial charge in [-0.05, 0) is 57.1 Å². The van der Waals surface area contributed by atoms with E-state index in [2.05, 4.69) is 10.1 Å². The van der Waals surface area contributed by atoms with Crippen molar-refractivity contribution < 1.29 is 26.8 Å². The molecule has 2 fully saturated rings. The van der Waals surface area contributed by atoms with E-state index < -0.39 is 15.8 Å². The zero-order chi connectivity index (χ0) is 24.0. The second kappa shape index (κ2) is 8.94. The number of ether oxygens (including phenoxy) is 2. The molecule has 0 aliphatic carbocycles. The number of aromatic nitrogens is 1. The Morgan fingerprint density at radius 3 is 2.63 bits per heavy atom. The molecule has 2 aromatic carbocycles. The van der Waals surface area contributed by atoms with Crippen LogP contribution >= 0.6 is 0 Å². The molecule has 0 unspecified atom stereocenters. The van der Waals surface area contributed by atoms with Crippen molar-refractivity contribution in [2.45, 2.75) is 35.9 Å². The summed E-state index contributed by atoms with van der Waals surface area (Å²) in [6, 6.07) is 11.5. The van der Waals surface area contributed by atoms with Gasteiger partial charge in [-0.25, -0.2) is 12.8 Å². The summed E-state index contributed by atoms with van der Waals surface area (Å²) in [5, 5.41) is 5.10. The van der Waals surface area contributed by atoms with Crippen LogP contribution in [0.5, 0.6) is 0 Å². The minimum atomic E-state index is -3.60. The topological polar surface area (TPSA) is 85.1 Å². The number of sulfonamides is 1. The lowest BCUT2D eigenvalue weighted by Crippen LogP contribution is -2.50. The van der Waals surface area contributed by atoms with Crippen molar-refractivity contribution in [3.05, 3.63) is 59.5 Å². The summed E-state index contributed by atoms with van der Waals surface area (Å²) in [7, 11) is -3.60. The standard InChI is InChI=1S/C25H28FN3O5S/c26-19-6-7-20-22(16-19)34-27-24(20)18-8-12-28(13-9-18)10-3-11-29-17-25(32-14-15-33-25)21-4-1-2-5-23(21)35(29,30)31/h1-2,4-7,16,18H,3,8-15,17H2. The lowest BCUT2D eigenvalue weighted by atomic mass is 9.91. The number of rotatable bonds is 5. The number of hydrogen-bond acceptors (Lipinski definition) is 7. The van der Waals surface area contributed by atoms with Crippen LogP contribution in [0.2, 0.25) is 0 Å². The van der Waals surface area contributed by atoms with Crippen LogP contribution in [-0.4, -0.2) is 68.7 Å². The molecule has 0 saturated carbocycles. The first kappa shape index (κ1) is 23.1. The van der Waals surface area contributed by atoms with Crippen LogP contribution in [0.4, 0.5) is 4.39 Å². The van der Waals surface area contributed by atoms with Crippen LogP contribution in [0.1, 0.15) is 36.4 Å². The Bertz CT molecular complexity index is 1330. The van der Waals surface area contributed by atoms with E-state index in [0.29, 0.717) is 37.3 Å². The highest BCUT2D eigenvalue weighted by Crippen LogP contribution is 2.42. The Hall–Kier alpha value is -2.37. The molecule has 1 aromatic heterocycles. The molecule has 0 bridgehead atoms. The summed E-state index contributed by atoms with van der Waals surface area (Å²) in [4.78, 5) is 2.63. The van der Waals surface area contributed by atoms with Gasteiger partial charge in [-0.1, -0.05) is 23.4 Å². The molecule has 3 aliphatic rings. The Balaban J connectivity index is 1.08. The number of nitrogens with zero attached hydrogens (tertiary/aromatic N) is 3. The summed E-state index contributed by atoms with van der Waals surface area (Å²) in [5.41, 5.74) is 1.98. The molecule has 3 aliphatic heterocycles. The smallest absolute Gasteiger partial charge is 0.243 e. The largest absolute Gasteiger partial charge is 0.356 e. The fourth-order valence-electron chi connectivity index (χ4n) is 5.57. The van der Waals surface area contributed by atoms with Crippen molar-refractivity contribution in [3.8, 4) is 0 Å². The Kier molecular flexibility index (Phi) is 5.89. The lowest BCUT2D eigenvalue weighted by molar-refractivity contribution is -0.176. The predicted octanol–water partition coefficient (Wildman–Crippen LogP) is 3.44. The zero-order valence-corrected chi connectivity index (χ0v) is 20.2. The van der Waals surface area contributed by atoms with Gasteiger partial charge in [0, 0.05) is 29.5 Å². The highest BCUT2D eigenvalue weighted by molar-refractivity contribution is 7.89. The molecule has 8 nitrogen and oxygen atoms in total. The number of fused-ring (bicyclic) bond motifs is 3. The van der Waals surface area contributed by atoms with Crippen molar-refractivity contribution in [2.24, 2.45) is 0 Å². The quantitative estimate of drug-likeness (QED) is 0.530. The maximum absolute atomic E-state index is 13.5. The molecule has 1 spiro atoms. The van der Waals surface area contributed by atoms with Crippen LogP contribution in [0.25, 0.3) is 11.0 Å². The van der Waals surface area contributed by atoms with E-state index in [0.717, 1.165) is 43.6 Å². The molecular formula is C25H28FN3O5S. The predicted molar refractivity (Wildman–Crippen MR) is 126 cm³/mol. The molecule has 35 heavy (non-hydrogen) atoms. The summed E-state index contributed by atoms with van der Waals surface area (Å²) < 4.78 is 58.8. The SMILES string of the molecule is O=S1(=O)c2ccccc2C2(CN1CCCN1CCC(c3noc4cc(F)ccc34)CC1)OCCO2. The van der Waals surface area contributed by atoms with Gasteiger partial charge in [-0.15, -0.1) is 0 Å². The van der Waals surface area contributed by atoms with Crippen molar-refractivity contribution >= 4 is 21.0 Å². The average Bonchev–Trinajstić information content (AvgIpc) is 3.51. The third-order valence-corrected chi connectivity index (χ3v) is 9.27. The van der Waals surface area contributed by atoms with Gasteiger partial charge in [0.1, 0.15) is 5.82 Å². The summed E-state index contributed by atoms with van der Waals surface area (Å²) in [6.45, 7) is 4.08. The van der Waals surface area contributed by atoms with E-state index in [1.165, 1.54) is 16.4 Å². The third-order valence-electron chi connectivity index (χ3n) is 7.37. The monoisotopic (exact) mass is 501 g/mol. The van der Waals surface area contributed by atoms with Crippen LogP contribution in [-0.2, 0) is 25.3 Å². The normalized spacial score (nSPS) is 22.7. The van der Waals surface area contributed by atoms with Gasteiger partial charge in [0.05, 0.1) is 30.3 Å². The number of piperidine rings is 1. The summed E-state index contributed by atoms with van der Waals surface area (Å²) in [5.74, 6) is -1.07. The Morgan fingerprint density at radius 1 is 1.06 bits per heavy atom. The van der Waals surface area contributed by atoms with Gasteiger partial charge in [-0.3, -0.25) is 0 Å². The average molecular weight is 502 g/mol. The number of halogens is 1.